The number of thioether (sulfide) groups is 1. The van der Waals surface area contributed by atoms with Gasteiger partial charge in [-0.1, -0.05) is 0 Å². The maximum atomic E-state index is 10.7. The van der Waals surface area contributed by atoms with Gasteiger partial charge in [-0.15, -0.1) is 11.8 Å². The van der Waals surface area contributed by atoms with Crippen LogP contribution in [0.2, 0.25) is 0 Å². The minimum absolute atomic E-state index is 0.341. The zero-order valence-electron chi connectivity index (χ0n) is 6.91. The van der Waals surface area contributed by atoms with Crippen LogP contribution < -0.4 is 5.32 Å². The fraction of sp³-hybridized carbons (Fsp3) is 0.222. The smallest absolute Gasteiger partial charge is 0.335 e. The first-order valence-electron chi connectivity index (χ1n) is 4.01. The molecule has 0 bridgehead atoms. The molecular weight excluding hydrogens is 186 g/mol. The van der Waals surface area contributed by atoms with Crippen molar-refractivity contribution >= 4 is 23.4 Å². The summed E-state index contributed by atoms with van der Waals surface area (Å²) >= 11 is 1.75. The highest BCUT2D eigenvalue weighted by molar-refractivity contribution is 7.99. The van der Waals surface area contributed by atoms with Gasteiger partial charge in [0.15, 0.2) is 0 Å². The Labute approximate surface area is 80.1 Å². The van der Waals surface area contributed by atoms with Crippen LogP contribution in [-0.2, 0) is 0 Å². The summed E-state index contributed by atoms with van der Waals surface area (Å²) < 4.78 is 0. The van der Waals surface area contributed by atoms with Crippen LogP contribution >= 0.6 is 11.8 Å². The molecule has 0 spiro atoms. The lowest BCUT2D eigenvalue weighted by atomic mass is 10.2. The van der Waals surface area contributed by atoms with Gasteiger partial charge in [0.1, 0.15) is 0 Å². The number of fused-ring (bicyclic) bond motifs is 1. The third kappa shape index (κ3) is 1.62. The van der Waals surface area contributed by atoms with Crippen molar-refractivity contribution in [2.75, 3.05) is 17.6 Å². The van der Waals surface area contributed by atoms with Gasteiger partial charge >= 0.3 is 5.97 Å². The molecule has 1 heterocycles. The summed E-state index contributed by atoms with van der Waals surface area (Å²) in [7, 11) is 0. The second-order valence-corrected chi connectivity index (χ2v) is 3.93. The first-order valence-corrected chi connectivity index (χ1v) is 5.00. The fourth-order valence-corrected chi connectivity index (χ4v) is 2.15. The van der Waals surface area contributed by atoms with Gasteiger partial charge in [0.25, 0.3) is 0 Å². The second-order valence-electron chi connectivity index (χ2n) is 2.79. The topological polar surface area (TPSA) is 49.3 Å². The number of nitrogens with one attached hydrogen (secondary N) is 1. The highest BCUT2D eigenvalue weighted by atomic mass is 32.2. The lowest BCUT2D eigenvalue weighted by Gasteiger charge is -2.17. The van der Waals surface area contributed by atoms with Crippen LogP contribution in [0.1, 0.15) is 10.4 Å². The molecule has 1 aliphatic heterocycles. The van der Waals surface area contributed by atoms with E-state index in [1.54, 1.807) is 23.9 Å². The molecule has 0 fully saturated rings. The molecule has 68 valence electrons. The molecule has 0 saturated carbocycles. The van der Waals surface area contributed by atoms with Crippen LogP contribution in [0, 0.1) is 0 Å². The summed E-state index contributed by atoms with van der Waals surface area (Å²) in [6, 6.07) is 5.18. The van der Waals surface area contributed by atoms with E-state index >= 15 is 0 Å². The number of benzene rings is 1. The monoisotopic (exact) mass is 195 g/mol. The zero-order valence-corrected chi connectivity index (χ0v) is 7.73. The number of hydrogen-bond donors (Lipinski definition) is 2. The third-order valence-electron chi connectivity index (χ3n) is 1.90. The van der Waals surface area contributed by atoms with Gasteiger partial charge in [-0.25, -0.2) is 4.79 Å². The van der Waals surface area contributed by atoms with Crippen molar-refractivity contribution < 1.29 is 9.90 Å². The van der Waals surface area contributed by atoms with E-state index in [2.05, 4.69) is 5.32 Å². The van der Waals surface area contributed by atoms with Gasteiger partial charge in [-0.3, -0.25) is 0 Å². The van der Waals surface area contributed by atoms with E-state index in [0.717, 1.165) is 22.9 Å². The lowest BCUT2D eigenvalue weighted by molar-refractivity contribution is 0.0697. The Kier molecular flexibility index (Phi) is 2.14. The number of carboxylic acid groups (broad SMARTS) is 1. The van der Waals surface area contributed by atoms with Gasteiger partial charge in [-0.05, 0) is 18.2 Å². The van der Waals surface area contributed by atoms with Crippen molar-refractivity contribution in [3.63, 3.8) is 0 Å². The highest BCUT2D eigenvalue weighted by Gasteiger charge is 2.11. The summed E-state index contributed by atoms with van der Waals surface area (Å²) in [4.78, 5) is 11.8. The van der Waals surface area contributed by atoms with Crippen LogP contribution in [-0.4, -0.2) is 23.4 Å². The molecule has 0 saturated heterocycles. The molecule has 0 atom stereocenters. The van der Waals surface area contributed by atoms with E-state index < -0.39 is 5.97 Å². The number of carbonyl (C=O) groups is 1. The number of carboxylic acids is 1. The molecule has 0 radical (unpaired) electrons. The van der Waals surface area contributed by atoms with Crippen molar-refractivity contribution in [2.45, 2.75) is 4.90 Å². The Bertz CT molecular complexity index is 351. The Morgan fingerprint density at radius 2 is 2.38 bits per heavy atom. The Hall–Kier alpha value is -1.16. The largest absolute Gasteiger partial charge is 0.478 e. The molecular formula is C9H9NO2S. The van der Waals surface area contributed by atoms with Crippen molar-refractivity contribution in [1.82, 2.24) is 0 Å². The molecule has 2 rings (SSSR count). The molecule has 0 unspecified atom stereocenters. The molecule has 3 nitrogen and oxygen atoms in total. The number of anilines is 1. The summed E-state index contributed by atoms with van der Waals surface area (Å²) in [5.74, 6) is 0.166. The highest BCUT2D eigenvalue weighted by Crippen LogP contribution is 2.31. The van der Waals surface area contributed by atoms with Crippen molar-refractivity contribution in [1.29, 1.82) is 0 Å². The SMILES string of the molecule is O=C(O)c1ccc2c(c1)NCCS2. The predicted molar refractivity (Wildman–Crippen MR) is 52.6 cm³/mol. The zero-order chi connectivity index (χ0) is 9.26. The Balaban J connectivity index is 2.40. The minimum atomic E-state index is -0.875. The fourth-order valence-electron chi connectivity index (χ4n) is 1.27. The minimum Gasteiger partial charge on any atom is -0.478 e. The van der Waals surface area contributed by atoms with E-state index in [4.69, 9.17) is 5.11 Å². The number of aromatic carboxylic acids is 1. The molecule has 1 aromatic carbocycles. The molecule has 2 N–H and O–H groups in total. The lowest BCUT2D eigenvalue weighted by Crippen LogP contribution is -2.11. The van der Waals surface area contributed by atoms with E-state index in [9.17, 15) is 4.79 Å². The summed E-state index contributed by atoms with van der Waals surface area (Å²) in [6.07, 6.45) is 0. The Morgan fingerprint density at radius 1 is 1.54 bits per heavy atom. The first-order chi connectivity index (χ1) is 6.27. The average Bonchev–Trinajstić information content (AvgIpc) is 2.17. The summed E-state index contributed by atoms with van der Waals surface area (Å²) in [6.45, 7) is 0.904. The van der Waals surface area contributed by atoms with Crippen LogP contribution in [0.4, 0.5) is 5.69 Å². The third-order valence-corrected chi connectivity index (χ3v) is 2.98. The maximum absolute atomic E-state index is 10.7. The van der Waals surface area contributed by atoms with Crippen molar-refractivity contribution in [2.24, 2.45) is 0 Å². The normalized spacial score (nSPS) is 14.5. The number of rotatable bonds is 1. The van der Waals surface area contributed by atoms with Crippen molar-refractivity contribution in [3.8, 4) is 0 Å². The van der Waals surface area contributed by atoms with Gasteiger partial charge in [0.2, 0.25) is 0 Å². The molecule has 1 aromatic rings. The quantitative estimate of drug-likeness (QED) is 0.718. The summed E-state index contributed by atoms with van der Waals surface area (Å²) in [5.41, 5.74) is 1.28. The van der Waals surface area contributed by atoms with Crippen LogP contribution in [0.5, 0.6) is 0 Å². The van der Waals surface area contributed by atoms with Gasteiger partial charge in [-0.2, -0.15) is 0 Å². The first kappa shape index (κ1) is 8.44. The predicted octanol–water partition coefficient (Wildman–Crippen LogP) is 1.90. The second kappa shape index (κ2) is 3.30. The average molecular weight is 195 g/mol. The van der Waals surface area contributed by atoms with E-state index in [0.29, 0.717) is 5.56 Å². The van der Waals surface area contributed by atoms with E-state index in [1.165, 1.54) is 0 Å². The molecule has 0 amide bonds. The molecule has 4 heteroatoms. The molecule has 13 heavy (non-hydrogen) atoms. The van der Waals surface area contributed by atoms with Gasteiger partial charge < -0.3 is 10.4 Å². The van der Waals surface area contributed by atoms with E-state index in [-0.39, 0.29) is 0 Å². The van der Waals surface area contributed by atoms with Crippen LogP contribution in [0.3, 0.4) is 0 Å². The van der Waals surface area contributed by atoms with Crippen LogP contribution in [0.25, 0.3) is 0 Å². The summed E-state index contributed by atoms with van der Waals surface area (Å²) in [5, 5.41) is 11.9. The molecule has 0 aromatic heterocycles. The molecule has 0 aliphatic carbocycles. The number of hydrogen-bond acceptors (Lipinski definition) is 3. The van der Waals surface area contributed by atoms with Crippen LogP contribution in [0.15, 0.2) is 23.1 Å². The van der Waals surface area contributed by atoms with E-state index in [1.807, 2.05) is 6.07 Å². The van der Waals surface area contributed by atoms with Gasteiger partial charge in [0.05, 0.1) is 5.56 Å². The Morgan fingerprint density at radius 3 is 3.15 bits per heavy atom. The van der Waals surface area contributed by atoms with Gasteiger partial charge in [0, 0.05) is 22.9 Å². The maximum Gasteiger partial charge on any atom is 0.335 e. The standard InChI is InChI=1S/C9H9NO2S/c11-9(12)6-1-2-8-7(5-6)10-3-4-13-8/h1-2,5,10H,3-4H2,(H,11,12). The van der Waals surface area contributed by atoms with Crippen molar-refractivity contribution in [3.05, 3.63) is 23.8 Å². The molecule has 1 aliphatic rings.